The zero-order valence-corrected chi connectivity index (χ0v) is 16.5. The van der Waals surface area contributed by atoms with Crippen LogP contribution in [-0.4, -0.2) is 41.0 Å². The summed E-state index contributed by atoms with van der Waals surface area (Å²) in [7, 11) is 0. The maximum absolute atomic E-state index is 6.25. The molecule has 1 aliphatic rings. The van der Waals surface area contributed by atoms with E-state index in [0.717, 1.165) is 50.5 Å². The molecule has 2 heterocycles. The van der Waals surface area contributed by atoms with Crippen molar-refractivity contribution in [2.75, 3.05) is 26.2 Å². The van der Waals surface area contributed by atoms with Gasteiger partial charge < -0.3 is 4.42 Å². The van der Waals surface area contributed by atoms with Crippen LogP contribution in [0.1, 0.15) is 11.3 Å². The van der Waals surface area contributed by atoms with Gasteiger partial charge in [-0.2, -0.15) is 0 Å². The van der Waals surface area contributed by atoms with Crippen molar-refractivity contribution in [2.24, 2.45) is 0 Å². The lowest BCUT2D eigenvalue weighted by Gasteiger charge is -2.34. The topological polar surface area (TPSA) is 32.5 Å². The molecule has 0 atom stereocenters. The number of oxazole rings is 1. The number of hydrogen-bond donors (Lipinski definition) is 0. The summed E-state index contributed by atoms with van der Waals surface area (Å²) in [6.45, 7) is 5.96. The van der Waals surface area contributed by atoms with Gasteiger partial charge in [-0.1, -0.05) is 53.5 Å². The molecule has 3 aromatic rings. The Kier molecular flexibility index (Phi) is 5.79. The molecule has 6 heteroatoms. The zero-order valence-electron chi connectivity index (χ0n) is 14.9. The van der Waals surface area contributed by atoms with E-state index >= 15 is 0 Å². The third kappa shape index (κ3) is 4.71. The average molecular weight is 402 g/mol. The van der Waals surface area contributed by atoms with E-state index in [1.54, 1.807) is 18.4 Å². The minimum absolute atomic E-state index is 0.536. The summed E-state index contributed by atoms with van der Waals surface area (Å²) in [4.78, 5) is 9.51. The van der Waals surface area contributed by atoms with Gasteiger partial charge in [0.2, 0.25) is 5.89 Å². The van der Waals surface area contributed by atoms with Crippen molar-refractivity contribution >= 4 is 23.2 Å². The summed E-state index contributed by atoms with van der Waals surface area (Å²) in [6.07, 6.45) is 1.72. The monoisotopic (exact) mass is 401 g/mol. The summed E-state index contributed by atoms with van der Waals surface area (Å²) < 4.78 is 5.64. The lowest BCUT2D eigenvalue weighted by atomic mass is 10.2. The highest BCUT2D eigenvalue weighted by molar-refractivity contribution is 6.36. The highest BCUT2D eigenvalue weighted by Crippen LogP contribution is 2.30. The maximum Gasteiger partial charge on any atom is 0.227 e. The molecule has 0 spiro atoms. The Morgan fingerprint density at radius 3 is 2.30 bits per heavy atom. The largest absolute Gasteiger partial charge is 0.444 e. The van der Waals surface area contributed by atoms with Gasteiger partial charge in [-0.3, -0.25) is 9.80 Å². The first-order valence-corrected chi connectivity index (χ1v) is 9.81. The fourth-order valence-corrected chi connectivity index (χ4v) is 3.83. The summed E-state index contributed by atoms with van der Waals surface area (Å²) >= 11 is 12.2. The number of hydrogen-bond acceptors (Lipinski definition) is 4. The van der Waals surface area contributed by atoms with Crippen LogP contribution >= 0.6 is 23.2 Å². The molecule has 1 saturated heterocycles. The van der Waals surface area contributed by atoms with E-state index in [2.05, 4.69) is 45.1 Å². The van der Waals surface area contributed by atoms with Gasteiger partial charge >= 0.3 is 0 Å². The van der Waals surface area contributed by atoms with Crippen molar-refractivity contribution in [1.82, 2.24) is 14.8 Å². The SMILES string of the molecule is Clc1ccc(-c2nc(CN3CCN(Cc4ccccc4)CC3)co2)c(Cl)c1. The highest BCUT2D eigenvalue weighted by Gasteiger charge is 2.19. The minimum Gasteiger partial charge on any atom is -0.444 e. The van der Waals surface area contributed by atoms with E-state index < -0.39 is 0 Å². The highest BCUT2D eigenvalue weighted by atomic mass is 35.5. The number of halogens is 2. The number of rotatable bonds is 5. The number of benzene rings is 2. The van der Waals surface area contributed by atoms with Crippen molar-refractivity contribution < 1.29 is 4.42 Å². The molecule has 0 unspecified atom stereocenters. The zero-order chi connectivity index (χ0) is 18.6. The van der Waals surface area contributed by atoms with Gasteiger partial charge in [-0.25, -0.2) is 4.98 Å². The molecule has 0 radical (unpaired) electrons. The molecule has 4 rings (SSSR count). The second kappa shape index (κ2) is 8.44. The Labute approximate surface area is 169 Å². The third-order valence-electron chi connectivity index (χ3n) is 4.81. The fraction of sp³-hybridized carbons (Fsp3) is 0.286. The van der Waals surface area contributed by atoms with Gasteiger partial charge in [0, 0.05) is 44.3 Å². The van der Waals surface area contributed by atoms with Crippen molar-refractivity contribution in [3.05, 3.63) is 76.1 Å². The molecule has 0 amide bonds. The molecule has 1 aromatic heterocycles. The first-order chi connectivity index (χ1) is 13.2. The lowest BCUT2D eigenvalue weighted by Crippen LogP contribution is -2.45. The molecular weight excluding hydrogens is 381 g/mol. The van der Waals surface area contributed by atoms with E-state index in [1.807, 2.05) is 6.07 Å². The van der Waals surface area contributed by atoms with Gasteiger partial charge in [-0.05, 0) is 23.8 Å². The van der Waals surface area contributed by atoms with Gasteiger partial charge in [-0.15, -0.1) is 0 Å². The first kappa shape index (κ1) is 18.5. The summed E-state index contributed by atoms with van der Waals surface area (Å²) in [5, 5.41) is 1.15. The van der Waals surface area contributed by atoms with E-state index in [9.17, 15) is 0 Å². The van der Waals surface area contributed by atoms with E-state index in [-0.39, 0.29) is 0 Å². The molecule has 0 bridgehead atoms. The molecule has 0 saturated carbocycles. The molecular formula is C21H21Cl2N3O. The van der Waals surface area contributed by atoms with Crippen LogP contribution in [0.3, 0.4) is 0 Å². The maximum atomic E-state index is 6.25. The standard InChI is InChI=1S/C21H21Cl2N3O/c22-17-6-7-19(20(23)12-17)21-24-18(15-27-21)14-26-10-8-25(9-11-26)13-16-4-2-1-3-5-16/h1-7,12,15H,8-11,13-14H2. The minimum atomic E-state index is 0.536. The summed E-state index contributed by atoms with van der Waals surface area (Å²) in [5.41, 5.74) is 3.06. The van der Waals surface area contributed by atoms with Gasteiger partial charge in [0.25, 0.3) is 0 Å². The fourth-order valence-electron chi connectivity index (χ4n) is 3.34. The van der Waals surface area contributed by atoms with Gasteiger partial charge in [0.05, 0.1) is 16.3 Å². The van der Waals surface area contributed by atoms with Crippen LogP contribution in [0.5, 0.6) is 0 Å². The van der Waals surface area contributed by atoms with Crippen molar-refractivity contribution in [1.29, 1.82) is 0 Å². The van der Waals surface area contributed by atoms with Crippen LogP contribution in [0.25, 0.3) is 11.5 Å². The molecule has 0 N–H and O–H groups in total. The predicted octanol–water partition coefficient (Wildman–Crippen LogP) is 4.97. The lowest BCUT2D eigenvalue weighted by molar-refractivity contribution is 0.121. The Hall–Kier alpha value is -1.85. The van der Waals surface area contributed by atoms with Crippen LogP contribution in [0.15, 0.2) is 59.2 Å². The first-order valence-electron chi connectivity index (χ1n) is 9.06. The quantitative estimate of drug-likeness (QED) is 0.604. The van der Waals surface area contributed by atoms with Crippen molar-refractivity contribution in [3.63, 3.8) is 0 Å². The molecule has 1 aliphatic heterocycles. The van der Waals surface area contributed by atoms with Gasteiger partial charge in [0.1, 0.15) is 6.26 Å². The van der Waals surface area contributed by atoms with Crippen molar-refractivity contribution in [3.8, 4) is 11.5 Å². The van der Waals surface area contributed by atoms with Crippen LogP contribution in [-0.2, 0) is 13.1 Å². The molecule has 2 aromatic carbocycles. The van der Waals surface area contributed by atoms with E-state index in [1.165, 1.54) is 5.56 Å². The van der Waals surface area contributed by atoms with Crippen LogP contribution in [0.2, 0.25) is 10.0 Å². The Bertz CT molecular complexity index is 889. The number of piperazine rings is 1. The summed E-state index contributed by atoms with van der Waals surface area (Å²) in [6, 6.07) is 16.0. The van der Waals surface area contributed by atoms with Crippen LogP contribution in [0, 0.1) is 0 Å². The Morgan fingerprint density at radius 2 is 1.59 bits per heavy atom. The molecule has 1 fully saturated rings. The van der Waals surface area contributed by atoms with Gasteiger partial charge in [0.15, 0.2) is 0 Å². The molecule has 140 valence electrons. The molecule has 0 aliphatic carbocycles. The Balaban J connectivity index is 1.32. The molecule has 4 nitrogen and oxygen atoms in total. The summed E-state index contributed by atoms with van der Waals surface area (Å²) in [5.74, 6) is 0.536. The predicted molar refractivity (Wildman–Crippen MR) is 109 cm³/mol. The Morgan fingerprint density at radius 1 is 0.889 bits per heavy atom. The third-order valence-corrected chi connectivity index (χ3v) is 5.36. The molecule has 27 heavy (non-hydrogen) atoms. The van der Waals surface area contributed by atoms with Crippen LogP contribution in [0.4, 0.5) is 0 Å². The smallest absolute Gasteiger partial charge is 0.227 e. The van der Waals surface area contributed by atoms with E-state index in [0.29, 0.717) is 15.9 Å². The van der Waals surface area contributed by atoms with Crippen molar-refractivity contribution in [2.45, 2.75) is 13.1 Å². The second-order valence-corrected chi connectivity index (χ2v) is 7.65. The number of nitrogens with zero attached hydrogens (tertiary/aromatic N) is 3. The second-order valence-electron chi connectivity index (χ2n) is 6.81. The number of aromatic nitrogens is 1. The average Bonchev–Trinajstić information content (AvgIpc) is 3.12. The van der Waals surface area contributed by atoms with Crippen LogP contribution < -0.4 is 0 Å². The van der Waals surface area contributed by atoms with E-state index in [4.69, 9.17) is 27.6 Å². The normalized spacial score (nSPS) is 15.9.